The number of piperidine rings is 1. The van der Waals surface area contributed by atoms with E-state index in [4.69, 9.17) is 0 Å². The van der Waals surface area contributed by atoms with Crippen molar-refractivity contribution in [3.05, 3.63) is 0 Å². The van der Waals surface area contributed by atoms with Crippen LogP contribution in [0.5, 0.6) is 0 Å². The van der Waals surface area contributed by atoms with E-state index < -0.39 is 0 Å². The summed E-state index contributed by atoms with van der Waals surface area (Å²) in [5, 5.41) is 0. The Balaban J connectivity index is 2.14. The Bertz CT molecular complexity index is 184. The van der Waals surface area contributed by atoms with Gasteiger partial charge in [0.05, 0.1) is 0 Å². The molecule has 2 heteroatoms. The topological polar surface area (TPSA) is 20.3 Å². The smallest absolute Gasteiger partial charge is 0.136 e. The third-order valence-electron chi connectivity index (χ3n) is 3.20. The van der Waals surface area contributed by atoms with Crippen LogP contribution in [0.3, 0.4) is 0 Å². The minimum atomic E-state index is 0.486. The van der Waals surface area contributed by atoms with Crippen molar-refractivity contribution in [2.45, 2.75) is 57.7 Å². The summed E-state index contributed by atoms with van der Waals surface area (Å²) in [6.45, 7) is 4.47. The molecule has 2 heterocycles. The molecule has 2 rings (SSSR count). The summed E-state index contributed by atoms with van der Waals surface area (Å²) in [5.74, 6) is 0.486. The highest BCUT2D eigenvalue weighted by Gasteiger charge is 2.40. The van der Waals surface area contributed by atoms with E-state index >= 15 is 0 Å². The van der Waals surface area contributed by atoms with Gasteiger partial charge in [-0.05, 0) is 26.7 Å². The second-order valence-corrected chi connectivity index (χ2v) is 4.37. The molecule has 0 aromatic carbocycles. The van der Waals surface area contributed by atoms with E-state index in [9.17, 15) is 4.79 Å². The number of rotatable bonds is 1. The van der Waals surface area contributed by atoms with Crippen LogP contribution in [0.4, 0.5) is 0 Å². The van der Waals surface area contributed by atoms with E-state index in [2.05, 4.69) is 18.7 Å². The highest BCUT2D eigenvalue weighted by atomic mass is 16.1. The van der Waals surface area contributed by atoms with E-state index in [1.54, 1.807) is 0 Å². The molecule has 0 N–H and O–H groups in total. The van der Waals surface area contributed by atoms with Crippen molar-refractivity contribution in [1.82, 2.24) is 4.90 Å². The fourth-order valence-electron chi connectivity index (χ4n) is 2.85. The van der Waals surface area contributed by atoms with Crippen molar-refractivity contribution in [1.29, 1.82) is 0 Å². The fourth-order valence-corrected chi connectivity index (χ4v) is 2.85. The highest BCUT2D eigenvalue weighted by molar-refractivity contribution is 5.80. The van der Waals surface area contributed by atoms with Crippen molar-refractivity contribution in [2.24, 2.45) is 0 Å². The zero-order valence-electron chi connectivity index (χ0n) is 7.92. The average molecular weight is 167 g/mol. The van der Waals surface area contributed by atoms with Crippen LogP contribution in [-0.2, 0) is 4.79 Å². The van der Waals surface area contributed by atoms with Crippen LogP contribution in [-0.4, -0.2) is 28.8 Å². The van der Waals surface area contributed by atoms with Crippen LogP contribution in [0, 0.1) is 0 Å². The number of hydrogen-bond donors (Lipinski definition) is 0. The molecular formula is C10H17NO. The molecule has 12 heavy (non-hydrogen) atoms. The summed E-state index contributed by atoms with van der Waals surface area (Å²) < 4.78 is 0. The summed E-state index contributed by atoms with van der Waals surface area (Å²) in [6, 6.07) is 1.78. The summed E-state index contributed by atoms with van der Waals surface area (Å²) in [6.07, 6.45) is 4.12. The number of fused-ring (bicyclic) bond motifs is 2. The lowest BCUT2D eigenvalue weighted by molar-refractivity contribution is -0.124. The van der Waals surface area contributed by atoms with Crippen LogP contribution < -0.4 is 0 Å². The van der Waals surface area contributed by atoms with E-state index in [1.807, 2.05) is 0 Å². The van der Waals surface area contributed by atoms with E-state index in [0.29, 0.717) is 23.9 Å². The molecule has 68 valence electrons. The van der Waals surface area contributed by atoms with Crippen LogP contribution in [0.15, 0.2) is 0 Å². The second-order valence-electron chi connectivity index (χ2n) is 4.37. The van der Waals surface area contributed by atoms with Crippen LogP contribution in [0.2, 0.25) is 0 Å². The van der Waals surface area contributed by atoms with Gasteiger partial charge in [0.25, 0.3) is 0 Å². The number of hydrogen-bond acceptors (Lipinski definition) is 2. The van der Waals surface area contributed by atoms with Gasteiger partial charge in [0.2, 0.25) is 0 Å². The first-order valence-electron chi connectivity index (χ1n) is 4.97. The molecule has 2 aliphatic rings. The van der Waals surface area contributed by atoms with Crippen LogP contribution >= 0.6 is 0 Å². The van der Waals surface area contributed by atoms with E-state index in [-0.39, 0.29) is 0 Å². The molecule has 2 nitrogen and oxygen atoms in total. The van der Waals surface area contributed by atoms with Crippen molar-refractivity contribution in [3.63, 3.8) is 0 Å². The molecule has 0 unspecified atom stereocenters. The molecule has 2 fully saturated rings. The predicted molar refractivity (Wildman–Crippen MR) is 48.0 cm³/mol. The minimum absolute atomic E-state index is 0.486. The molecule has 2 bridgehead atoms. The minimum Gasteiger partial charge on any atom is -0.300 e. The Morgan fingerprint density at radius 3 is 2.17 bits per heavy atom. The third-order valence-corrected chi connectivity index (χ3v) is 3.20. The maximum absolute atomic E-state index is 11.3. The van der Waals surface area contributed by atoms with Crippen LogP contribution in [0.1, 0.15) is 39.5 Å². The fraction of sp³-hybridized carbons (Fsp3) is 0.900. The average Bonchev–Trinajstić information content (AvgIpc) is 2.24. The molecule has 0 amide bonds. The molecule has 0 radical (unpaired) electrons. The zero-order valence-corrected chi connectivity index (χ0v) is 7.92. The summed E-state index contributed by atoms with van der Waals surface area (Å²) in [5.41, 5.74) is 0. The van der Waals surface area contributed by atoms with Gasteiger partial charge in [-0.1, -0.05) is 0 Å². The Morgan fingerprint density at radius 1 is 1.25 bits per heavy atom. The van der Waals surface area contributed by atoms with Gasteiger partial charge < -0.3 is 0 Å². The lowest BCUT2D eigenvalue weighted by Crippen LogP contribution is -2.46. The highest BCUT2D eigenvalue weighted by Crippen LogP contribution is 2.35. The Labute approximate surface area is 73.9 Å². The molecule has 0 aromatic rings. The Morgan fingerprint density at radius 2 is 1.75 bits per heavy atom. The molecule has 2 saturated heterocycles. The van der Waals surface area contributed by atoms with Gasteiger partial charge in [-0.2, -0.15) is 0 Å². The third kappa shape index (κ3) is 1.18. The summed E-state index contributed by atoms with van der Waals surface area (Å²) in [4.78, 5) is 13.8. The molecule has 2 atom stereocenters. The monoisotopic (exact) mass is 167 g/mol. The maximum atomic E-state index is 11.3. The van der Waals surface area contributed by atoms with E-state index in [0.717, 1.165) is 12.8 Å². The quantitative estimate of drug-likeness (QED) is 0.591. The van der Waals surface area contributed by atoms with Gasteiger partial charge in [0.1, 0.15) is 5.78 Å². The van der Waals surface area contributed by atoms with Crippen molar-refractivity contribution in [3.8, 4) is 0 Å². The first kappa shape index (κ1) is 8.24. The van der Waals surface area contributed by atoms with Gasteiger partial charge in [-0.15, -0.1) is 0 Å². The van der Waals surface area contributed by atoms with Gasteiger partial charge in [0, 0.05) is 31.0 Å². The van der Waals surface area contributed by atoms with Crippen molar-refractivity contribution >= 4 is 5.78 Å². The number of ketones is 1. The zero-order chi connectivity index (χ0) is 8.72. The molecule has 0 aromatic heterocycles. The molecule has 0 saturated carbocycles. The summed E-state index contributed by atoms with van der Waals surface area (Å²) in [7, 11) is 0. The van der Waals surface area contributed by atoms with Gasteiger partial charge in [0.15, 0.2) is 0 Å². The molecule has 0 spiro atoms. The largest absolute Gasteiger partial charge is 0.300 e. The molecular weight excluding hydrogens is 150 g/mol. The number of carbonyl (C=O) groups is 1. The molecule has 2 aliphatic heterocycles. The van der Waals surface area contributed by atoms with Gasteiger partial charge >= 0.3 is 0 Å². The van der Waals surface area contributed by atoms with Gasteiger partial charge in [-0.25, -0.2) is 0 Å². The first-order valence-corrected chi connectivity index (χ1v) is 4.97. The SMILES string of the molecule is CC(C)N1[C@H]2CC[C@H]1CC(=O)C2. The lowest BCUT2D eigenvalue weighted by atomic mass is 10.00. The van der Waals surface area contributed by atoms with Crippen molar-refractivity contribution in [2.75, 3.05) is 0 Å². The number of carbonyl (C=O) groups excluding carboxylic acids is 1. The van der Waals surface area contributed by atoms with Crippen molar-refractivity contribution < 1.29 is 4.79 Å². The normalized spacial score (nSPS) is 36.4. The predicted octanol–water partition coefficient (Wildman–Crippen LogP) is 1.59. The van der Waals surface area contributed by atoms with E-state index in [1.165, 1.54) is 12.8 Å². The Kier molecular flexibility index (Phi) is 1.95. The molecule has 0 aliphatic carbocycles. The second kappa shape index (κ2) is 2.84. The number of Topliss-reactive ketones (excluding diaryl/α,β-unsaturated/α-hetero) is 1. The summed E-state index contributed by atoms with van der Waals surface area (Å²) >= 11 is 0. The Hall–Kier alpha value is -0.370. The van der Waals surface area contributed by atoms with Gasteiger partial charge in [-0.3, -0.25) is 9.69 Å². The lowest BCUT2D eigenvalue weighted by Gasteiger charge is -2.37. The maximum Gasteiger partial charge on any atom is 0.136 e. The number of nitrogens with zero attached hydrogens (tertiary/aromatic N) is 1. The van der Waals surface area contributed by atoms with Crippen LogP contribution in [0.25, 0.3) is 0 Å². The first-order chi connectivity index (χ1) is 5.68. The standard InChI is InChI=1S/C10H17NO/c1-7(2)11-8-3-4-9(11)6-10(12)5-8/h7-9H,3-6H2,1-2H3/t8-,9-/m0/s1.